The Morgan fingerprint density at radius 1 is 1.08 bits per heavy atom. The first-order chi connectivity index (χ1) is 6.04. The molecule has 4 heteroatoms. The SMILES string of the molecule is CC(=O)[O-].O=C([O-])c1ccccc1. The first-order valence-electron chi connectivity index (χ1n) is 3.48. The van der Waals surface area contributed by atoms with Crippen LogP contribution in [-0.2, 0) is 4.79 Å². The molecule has 0 radical (unpaired) electrons. The van der Waals surface area contributed by atoms with E-state index in [1.165, 1.54) is 12.1 Å². The minimum absolute atomic E-state index is 0.220. The molecule has 0 aromatic heterocycles. The maximum Gasteiger partial charge on any atom is 0.0715 e. The molecule has 0 atom stereocenters. The van der Waals surface area contributed by atoms with E-state index in [9.17, 15) is 9.90 Å². The largest absolute Gasteiger partial charge is 0.550 e. The lowest BCUT2D eigenvalue weighted by molar-refractivity contribution is -0.302. The van der Waals surface area contributed by atoms with Crippen LogP contribution in [0.15, 0.2) is 30.3 Å². The molecule has 1 rings (SSSR count). The van der Waals surface area contributed by atoms with E-state index < -0.39 is 11.9 Å². The lowest BCUT2D eigenvalue weighted by atomic mass is 10.2. The summed E-state index contributed by atoms with van der Waals surface area (Å²) in [5, 5.41) is 19.0. The summed E-state index contributed by atoms with van der Waals surface area (Å²) in [7, 11) is 0. The Bertz CT molecular complexity index is 275. The minimum Gasteiger partial charge on any atom is -0.550 e. The Balaban J connectivity index is 0.000000310. The molecule has 0 N–H and O–H groups in total. The molecule has 1 aromatic carbocycles. The van der Waals surface area contributed by atoms with Gasteiger partial charge in [0.25, 0.3) is 0 Å². The minimum atomic E-state index is -1.13. The molecule has 0 amide bonds. The van der Waals surface area contributed by atoms with Gasteiger partial charge in [-0.3, -0.25) is 0 Å². The number of carboxylic acid groups (broad SMARTS) is 2. The van der Waals surface area contributed by atoms with Crippen LogP contribution in [0.3, 0.4) is 0 Å². The normalized spacial score (nSPS) is 8.08. The first-order valence-corrected chi connectivity index (χ1v) is 3.48. The van der Waals surface area contributed by atoms with Gasteiger partial charge < -0.3 is 19.8 Å². The van der Waals surface area contributed by atoms with Crippen LogP contribution in [0.5, 0.6) is 0 Å². The van der Waals surface area contributed by atoms with Crippen molar-refractivity contribution in [3.63, 3.8) is 0 Å². The van der Waals surface area contributed by atoms with Crippen LogP contribution >= 0.6 is 0 Å². The zero-order chi connectivity index (χ0) is 10.3. The Hall–Kier alpha value is -1.84. The van der Waals surface area contributed by atoms with Crippen LogP contribution in [0.2, 0.25) is 0 Å². The molecule has 0 bridgehead atoms. The van der Waals surface area contributed by atoms with Crippen molar-refractivity contribution in [1.82, 2.24) is 0 Å². The Morgan fingerprint density at radius 2 is 1.46 bits per heavy atom. The molecule has 70 valence electrons. The molecule has 0 aliphatic heterocycles. The lowest BCUT2D eigenvalue weighted by Crippen LogP contribution is -2.21. The highest BCUT2D eigenvalue weighted by molar-refractivity contribution is 5.85. The summed E-state index contributed by atoms with van der Waals surface area (Å²) in [6.07, 6.45) is 0. The van der Waals surface area contributed by atoms with E-state index in [1.807, 2.05) is 0 Å². The van der Waals surface area contributed by atoms with Gasteiger partial charge in [-0.05, 0) is 12.5 Å². The van der Waals surface area contributed by atoms with Crippen LogP contribution < -0.4 is 10.2 Å². The average Bonchev–Trinajstić information content (AvgIpc) is 2.05. The van der Waals surface area contributed by atoms with Crippen molar-refractivity contribution < 1.29 is 19.8 Å². The van der Waals surface area contributed by atoms with Gasteiger partial charge in [-0.15, -0.1) is 0 Å². The van der Waals surface area contributed by atoms with E-state index in [-0.39, 0.29) is 5.56 Å². The predicted molar refractivity (Wildman–Crippen MR) is 41.5 cm³/mol. The highest BCUT2D eigenvalue weighted by atomic mass is 16.4. The number of carbonyl (C=O) groups is 2. The van der Waals surface area contributed by atoms with Crippen LogP contribution in [0.25, 0.3) is 0 Å². The zero-order valence-corrected chi connectivity index (χ0v) is 7.02. The molecule has 0 aliphatic carbocycles. The van der Waals surface area contributed by atoms with Crippen molar-refractivity contribution in [3.05, 3.63) is 35.9 Å². The number of carboxylic acids is 2. The molecule has 0 heterocycles. The number of aromatic carboxylic acids is 1. The number of rotatable bonds is 1. The fourth-order valence-electron chi connectivity index (χ4n) is 0.574. The van der Waals surface area contributed by atoms with E-state index in [2.05, 4.69) is 0 Å². The Morgan fingerprint density at radius 3 is 1.69 bits per heavy atom. The highest BCUT2D eigenvalue weighted by Crippen LogP contribution is 1.94. The maximum absolute atomic E-state index is 10.1. The average molecular weight is 180 g/mol. The van der Waals surface area contributed by atoms with Gasteiger partial charge in [0, 0.05) is 5.97 Å². The molecule has 0 unspecified atom stereocenters. The summed E-state index contributed by atoms with van der Waals surface area (Å²) in [4.78, 5) is 19.0. The van der Waals surface area contributed by atoms with Crippen LogP contribution in [0.1, 0.15) is 17.3 Å². The fourth-order valence-corrected chi connectivity index (χ4v) is 0.574. The Kier molecular flexibility index (Phi) is 4.95. The zero-order valence-electron chi connectivity index (χ0n) is 7.02. The smallest absolute Gasteiger partial charge is 0.0715 e. The Labute approximate surface area is 75.4 Å². The van der Waals surface area contributed by atoms with E-state index in [4.69, 9.17) is 9.90 Å². The van der Waals surface area contributed by atoms with E-state index >= 15 is 0 Å². The number of hydrogen-bond donors (Lipinski definition) is 0. The summed E-state index contributed by atoms with van der Waals surface area (Å²) in [5.74, 6) is -2.21. The standard InChI is InChI=1S/C7H6O2.C2H4O2/c8-7(9)6-4-2-1-3-5-6;1-2(3)4/h1-5H,(H,8,9);1H3,(H,3,4)/p-2. The van der Waals surface area contributed by atoms with E-state index in [1.54, 1.807) is 18.2 Å². The molecule has 13 heavy (non-hydrogen) atoms. The van der Waals surface area contributed by atoms with Crippen LogP contribution in [-0.4, -0.2) is 11.9 Å². The van der Waals surface area contributed by atoms with Gasteiger partial charge in [-0.2, -0.15) is 0 Å². The molecule has 0 fully saturated rings. The van der Waals surface area contributed by atoms with Crippen molar-refractivity contribution in [2.24, 2.45) is 0 Å². The number of hydrogen-bond acceptors (Lipinski definition) is 4. The maximum atomic E-state index is 10.1. The first kappa shape index (κ1) is 11.2. The van der Waals surface area contributed by atoms with Crippen LogP contribution in [0.4, 0.5) is 0 Å². The summed E-state index contributed by atoms with van der Waals surface area (Å²) in [6.45, 7) is 0.972. The van der Waals surface area contributed by atoms with Gasteiger partial charge in [0.2, 0.25) is 0 Å². The topological polar surface area (TPSA) is 80.3 Å². The van der Waals surface area contributed by atoms with Gasteiger partial charge in [0.1, 0.15) is 0 Å². The van der Waals surface area contributed by atoms with E-state index in [0.29, 0.717) is 0 Å². The fraction of sp³-hybridized carbons (Fsp3) is 0.111. The molecular formula is C9H8O4-2. The number of carbonyl (C=O) groups excluding carboxylic acids is 2. The van der Waals surface area contributed by atoms with Crippen molar-refractivity contribution >= 4 is 11.9 Å². The summed E-state index contributed by atoms with van der Waals surface area (Å²) in [6, 6.07) is 8.06. The second kappa shape index (κ2) is 5.77. The van der Waals surface area contributed by atoms with E-state index in [0.717, 1.165) is 6.92 Å². The summed E-state index contributed by atoms with van der Waals surface area (Å²) in [5.41, 5.74) is 0.220. The third-order valence-electron chi connectivity index (χ3n) is 1.01. The second-order valence-corrected chi connectivity index (χ2v) is 2.15. The van der Waals surface area contributed by atoms with Crippen molar-refractivity contribution in [2.45, 2.75) is 6.92 Å². The number of benzene rings is 1. The van der Waals surface area contributed by atoms with Crippen LogP contribution in [0, 0.1) is 0 Å². The molecule has 4 nitrogen and oxygen atoms in total. The summed E-state index contributed by atoms with van der Waals surface area (Å²) < 4.78 is 0. The van der Waals surface area contributed by atoms with Crippen molar-refractivity contribution in [2.75, 3.05) is 0 Å². The molecule has 0 saturated heterocycles. The van der Waals surface area contributed by atoms with Gasteiger partial charge >= 0.3 is 0 Å². The monoisotopic (exact) mass is 180 g/mol. The lowest BCUT2D eigenvalue weighted by Gasteiger charge is -1.97. The van der Waals surface area contributed by atoms with Gasteiger partial charge in [-0.25, -0.2) is 0 Å². The third kappa shape index (κ3) is 6.55. The highest BCUT2D eigenvalue weighted by Gasteiger charge is 1.85. The molecule has 0 spiro atoms. The van der Waals surface area contributed by atoms with Gasteiger partial charge in [0.05, 0.1) is 5.97 Å². The van der Waals surface area contributed by atoms with Crippen molar-refractivity contribution in [3.8, 4) is 0 Å². The summed E-state index contributed by atoms with van der Waals surface area (Å²) >= 11 is 0. The third-order valence-corrected chi connectivity index (χ3v) is 1.01. The molecule has 0 aliphatic rings. The van der Waals surface area contributed by atoms with Gasteiger partial charge in [-0.1, -0.05) is 30.3 Å². The van der Waals surface area contributed by atoms with Gasteiger partial charge in [0.15, 0.2) is 0 Å². The van der Waals surface area contributed by atoms with Crippen molar-refractivity contribution in [1.29, 1.82) is 0 Å². The molecule has 0 saturated carbocycles. The predicted octanol–water partition coefficient (Wildman–Crippen LogP) is -1.19. The quantitative estimate of drug-likeness (QED) is 0.544. The number of aliphatic carboxylic acids is 1. The second-order valence-electron chi connectivity index (χ2n) is 2.15. The molecule has 1 aromatic rings. The molecular weight excluding hydrogens is 172 g/mol.